The second kappa shape index (κ2) is 13.9. The van der Waals surface area contributed by atoms with Crippen LogP contribution in [-0.2, 0) is 26.2 Å². The highest BCUT2D eigenvalue weighted by Crippen LogP contribution is 2.31. The molecule has 0 spiro atoms. The highest BCUT2D eigenvalue weighted by atomic mass is 35.5. The lowest BCUT2D eigenvalue weighted by molar-refractivity contribution is -0.140. The zero-order valence-electron chi connectivity index (χ0n) is 22.1. The van der Waals surface area contributed by atoms with Crippen LogP contribution in [0.1, 0.15) is 31.4 Å². The van der Waals surface area contributed by atoms with Crippen LogP contribution in [0.3, 0.4) is 0 Å². The number of rotatable bonds is 11. The number of anilines is 1. The van der Waals surface area contributed by atoms with Gasteiger partial charge in [0.15, 0.2) is 0 Å². The van der Waals surface area contributed by atoms with Crippen molar-refractivity contribution in [2.75, 3.05) is 17.4 Å². The Hall–Kier alpha value is -2.49. The molecule has 0 aliphatic carbocycles. The number of nitrogens with zero attached hydrogens (tertiary/aromatic N) is 2. The highest BCUT2D eigenvalue weighted by Gasteiger charge is 2.33. The Bertz CT molecular complexity index is 1480. The molecule has 0 bridgehead atoms. The molecule has 0 radical (unpaired) electrons. The molecule has 0 aliphatic heterocycles. The molecular formula is C28H29Cl4N3O4S. The van der Waals surface area contributed by atoms with Crippen LogP contribution in [0.2, 0.25) is 20.1 Å². The number of sulfonamides is 1. The van der Waals surface area contributed by atoms with E-state index in [1.165, 1.54) is 35.2 Å². The molecule has 0 saturated carbocycles. The Morgan fingerprint density at radius 3 is 2.00 bits per heavy atom. The fourth-order valence-corrected chi connectivity index (χ4v) is 6.07. The summed E-state index contributed by atoms with van der Waals surface area (Å²) in [5.41, 5.74) is 1.63. The van der Waals surface area contributed by atoms with Gasteiger partial charge in [0.1, 0.15) is 12.6 Å². The van der Waals surface area contributed by atoms with Gasteiger partial charge in [-0.15, -0.1) is 0 Å². The normalized spacial score (nSPS) is 12.1. The maximum Gasteiger partial charge on any atom is 0.264 e. The van der Waals surface area contributed by atoms with Crippen LogP contribution in [0.5, 0.6) is 0 Å². The van der Waals surface area contributed by atoms with Gasteiger partial charge in [-0.3, -0.25) is 13.9 Å². The van der Waals surface area contributed by atoms with E-state index < -0.39 is 28.5 Å². The number of nitrogens with one attached hydrogen (secondary N) is 1. The van der Waals surface area contributed by atoms with Gasteiger partial charge in [0.25, 0.3) is 10.0 Å². The molecule has 7 nitrogen and oxygen atoms in total. The number of likely N-dealkylation sites (N-methyl/N-ethyl adjacent to an activating group) is 1. The molecule has 3 aromatic carbocycles. The van der Waals surface area contributed by atoms with E-state index in [1.807, 2.05) is 6.92 Å². The van der Waals surface area contributed by atoms with Crippen molar-refractivity contribution in [3.05, 3.63) is 91.9 Å². The minimum Gasteiger partial charge on any atom is -0.355 e. The molecule has 1 N–H and O–H groups in total. The van der Waals surface area contributed by atoms with Gasteiger partial charge >= 0.3 is 0 Å². The van der Waals surface area contributed by atoms with E-state index >= 15 is 0 Å². The summed E-state index contributed by atoms with van der Waals surface area (Å²) in [6.45, 7) is 5.13. The third-order valence-corrected chi connectivity index (χ3v) is 9.42. The molecule has 40 heavy (non-hydrogen) atoms. The Labute approximate surface area is 255 Å². The first-order valence-corrected chi connectivity index (χ1v) is 15.4. The molecule has 3 rings (SSSR count). The summed E-state index contributed by atoms with van der Waals surface area (Å²) in [6, 6.07) is 14.6. The van der Waals surface area contributed by atoms with Crippen LogP contribution >= 0.6 is 46.4 Å². The van der Waals surface area contributed by atoms with Crippen molar-refractivity contribution in [1.82, 2.24) is 10.2 Å². The van der Waals surface area contributed by atoms with Gasteiger partial charge in [0.2, 0.25) is 11.8 Å². The smallest absolute Gasteiger partial charge is 0.264 e. The zero-order valence-corrected chi connectivity index (χ0v) is 26.0. The van der Waals surface area contributed by atoms with Crippen molar-refractivity contribution in [2.24, 2.45) is 0 Å². The molecule has 12 heteroatoms. The first-order valence-electron chi connectivity index (χ1n) is 12.4. The molecule has 3 aromatic rings. The Kier molecular flexibility index (Phi) is 11.1. The zero-order chi connectivity index (χ0) is 29.6. The van der Waals surface area contributed by atoms with Crippen molar-refractivity contribution < 1.29 is 18.0 Å². The van der Waals surface area contributed by atoms with Crippen LogP contribution in [0.25, 0.3) is 0 Å². The lowest BCUT2D eigenvalue weighted by atomic mass is 10.1. The summed E-state index contributed by atoms with van der Waals surface area (Å²) in [6.07, 6.45) is 0.288. The van der Waals surface area contributed by atoms with Crippen LogP contribution in [-0.4, -0.2) is 44.3 Å². The van der Waals surface area contributed by atoms with Crippen LogP contribution in [0.15, 0.2) is 65.6 Å². The third kappa shape index (κ3) is 7.62. The molecule has 2 amide bonds. The summed E-state index contributed by atoms with van der Waals surface area (Å²) >= 11 is 24.6. The van der Waals surface area contributed by atoms with Gasteiger partial charge in [-0.2, -0.15) is 0 Å². The molecule has 0 saturated heterocycles. The maximum atomic E-state index is 14.0. The quantitative estimate of drug-likeness (QED) is 0.250. The largest absolute Gasteiger partial charge is 0.355 e. The maximum absolute atomic E-state index is 14.0. The van der Waals surface area contributed by atoms with Crippen molar-refractivity contribution >= 4 is 73.9 Å². The lowest BCUT2D eigenvalue weighted by Crippen LogP contribution is -2.52. The summed E-state index contributed by atoms with van der Waals surface area (Å²) < 4.78 is 28.7. The average molecular weight is 645 g/mol. The van der Waals surface area contributed by atoms with E-state index in [-0.39, 0.29) is 44.5 Å². The number of hydrogen-bond donors (Lipinski definition) is 1. The van der Waals surface area contributed by atoms with Crippen molar-refractivity contribution in [3.8, 4) is 0 Å². The van der Waals surface area contributed by atoms with Gasteiger partial charge in [-0.25, -0.2) is 8.42 Å². The molecule has 0 aliphatic rings. The monoisotopic (exact) mass is 643 g/mol. The number of aryl methyl sites for hydroxylation is 1. The predicted molar refractivity (Wildman–Crippen MR) is 162 cm³/mol. The average Bonchev–Trinajstić information content (AvgIpc) is 2.91. The first-order chi connectivity index (χ1) is 18.9. The van der Waals surface area contributed by atoms with E-state index in [2.05, 4.69) is 5.32 Å². The van der Waals surface area contributed by atoms with Crippen molar-refractivity contribution in [1.29, 1.82) is 0 Å². The summed E-state index contributed by atoms with van der Waals surface area (Å²) in [7, 11) is -4.23. The van der Waals surface area contributed by atoms with Gasteiger partial charge in [0, 0.05) is 13.1 Å². The molecule has 214 valence electrons. The number of hydrogen-bond acceptors (Lipinski definition) is 4. The van der Waals surface area contributed by atoms with Gasteiger partial charge < -0.3 is 10.2 Å². The number of amides is 2. The second-order valence-corrected chi connectivity index (χ2v) is 12.5. The van der Waals surface area contributed by atoms with Crippen molar-refractivity contribution in [3.63, 3.8) is 0 Å². The SMILES string of the molecule is CCNC(=O)C(CC)N(Cc1ccc(Cl)c(Cl)c1)C(=O)CN(c1ccc(Cl)c(Cl)c1)S(=O)(=O)c1ccc(C)cc1. The molecular weight excluding hydrogens is 616 g/mol. The first kappa shape index (κ1) is 32.0. The summed E-state index contributed by atoms with van der Waals surface area (Å²) in [5.74, 6) is -0.966. The fraction of sp³-hybridized carbons (Fsp3) is 0.286. The highest BCUT2D eigenvalue weighted by molar-refractivity contribution is 7.92. The third-order valence-electron chi connectivity index (χ3n) is 6.15. The van der Waals surface area contributed by atoms with Gasteiger partial charge in [-0.1, -0.05) is 77.1 Å². The van der Waals surface area contributed by atoms with Gasteiger partial charge in [0.05, 0.1) is 30.7 Å². The van der Waals surface area contributed by atoms with E-state index in [9.17, 15) is 18.0 Å². The summed E-state index contributed by atoms with van der Waals surface area (Å²) in [5, 5.41) is 3.74. The Morgan fingerprint density at radius 1 is 0.850 bits per heavy atom. The van der Waals surface area contributed by atoms with E-state index in [1.54, 1.807) is 44.2 Å². The van der Waals surface area contributed by atoms with Crippen LogP contribution < -0.4 is 9.62 Å². The Balaban J connectivity index is 2.09. The minimum atomic E-state index is -4.23. The lowest BCUT2D eigenvalue weighted by Gasteiger charge is -2.33. The molecule has 0 fully saturated rings. The predicted octanol–water partition coefficient (Wildman–Crippen LogP) is 6.75. The molecule has 0 heterocycles. The standard InChI is InChI=1S/C28H29Cl4N3O4S/c1-4-26(28(37)33-5-2)34(16-19-8-12-22(29)24(31)14-19)27(36)17-35(20-9-13-23(30)25(32)15-20)40(38,39)21-10-6-18(3)7-11-21/h6-15,26H,4-5,16-17H2,1-3H3,(H,33,37). The number of halogens is 4. The topological polar surface area (TPSA) is 86.8 Å². The minimum absolute atomic E-state index is 0.00877. The van der Waals surface area contributed by atoms with Crippen LogP contribution in [0.4, 0.5) is 5.69 Å². The summed E-state index contributed by atoms with van der Waals surface area (Å²) in [4.78, 5) is 28.3. The van der Waals surface area contributed by atoms with E-state index in [4.69, 9.17) is 46.4 Å². The molecule has 1 unspecified atom stereocenters. The molecule has 1 atom stereocenters. The second-order valence-electron chi connectivity index (χ2n) is 9.01. The number of carbonyl (C=O) groups is 2. The number of carbonyl (C=O) groups excluding carboxylic acids is 2. The Morgan fingerprint density at radius 2 is 1.45 bits per heavy atom. The number of benzene rings is 3. The van der Waals surface area contributed by atoms with E-state index in [0.717, 1.165) is 9.87 Å². The molecule has 0 aromatic heterocycles. The van der Waals surface area contributed by atoms with Crippen molar-refractivity contribution in [2.45, 2.75) is 44.7 Å². The van der Waals surface area contributed by atoms with Gasteiger partial charge in [-0.05, 0) is 68.3 Å². The van der Waals surface area contributed by atoms with E-state index in [0.29, 0.717) is 17.1 Å². The fourth-order valence-electron chi connectivity index (χ4n) is 4.05. The van der Waals surface area contributed by atoms with Crippen LogP contribution in [0, 0.1) is 6.92 Å².